The van der Waals surface area contributed by atoms with Crippen LogP contribution in [-0.2, 0) is 15.8 Å². The normalized spacial score (nSPS) is 11.9. The number of carboxylic acid groups (broad SMARTS) is 1. The highest BCUT2D eigenvalue weighted by Crippen LogP contribution is 2.30. The first-order valence-corrected chi connectivity index (χ1v) is 7.08. The summed E-state index contributed by atoms with van der Waals surface area (Å²) in [7, 11) is 0. The first kappa shape index (κ1) is 18.3. The molecule has 0 radical (unpaired) electrons. The van der Waals surface area contributed by atoms with E-state index in [4.69, 9.17) is 4.74 Å². The average Bonchev–Trinajstić information content (AvgIpc) is 2.52. The number of halogens is 3. The quantitative estimate of drug-likeness (QED) is 0.387. The number of alkyl halides is 3. The highest BCUT2D eigenvalue weighted by Gasteiger charge is 2.30. The van der Waals surface area contributed by atoms with Crippen molar-refractivity contribution in [2.45, 2.75) is 13.1 Å². The SMILES string of the molecule is CC(=O)Oc1ccc(/C=C(/C(=O)O)c2ccc(C(F)(F)F)cc2)cc1. The zero-order valence-electron chi connectivity index (χ0n) is 13.0. The Morgan fingerprint density at radius 1 is 1.00 bits per heavy atom. The molecule has 2 aromatic rings. The zero-order chi connectivity index (χ0) is 18.6. The molecule has 130 valence electrons. The predicted molar refractivity (Wildman–Crippen MR) is 84.7 cm³/mol. The fourth-order valence-corrected chi connectivity index (χ4v) is 2.07. The molecular weight excluding hydrogens is 337 g/mol. The molecule has 0 bridgehead atoms. The highest BCUT2D eigenvalue weighted by atomic mass is 19.4. The molecule has 4 nitrogen and oxygen atoms in total. The lowest BCUT2D eigenvalue weighted by molar-refractivity contribution is -0.137. The van der Waals surface area contributed by atoms with Gasteiger partial charge in [0, 0.05) is 6.92 Å². The number of carboxylic acids is 1. The maximum atomic E-state index is 12.6. The minimum Gasteiger partial charge on any atom is -0.478 e. The van der Waals surface area contributed by atoms with Crippen LogP contribution in [0.2, 0.25) is 0 Å². The molecule has 7 heteroatoms. The highest BCUT2D eigenvalue weighted by molar-refractivity contribution is 6.20. The van der Waals surface area contributed by atoms with Crippen molar-refractivity contribution >= 4 is 23.6 Å². The van der Waals surface area contributed by atoms with Crippen LogP contribution < -0.4 is 4.74 Å². The van der Waals surface area contributed by atoms with Crippen LogP contribution in [-0.4, -0.2) is 17.0 Å². The third-order valence-electron chi connectivity index (χ3n) is 3.21. The minimum atomic E-state index is -4.49. The summed E-state index contributed by atoms with van der Waals surface area (Å²) in [5.74, 6) is -1.46. The van der Waals surface area contributed by atoms with E-state index in [1.807, 2.05) is 0 Å². The molecule has 0 atom stereocenters. The Morgan fingerprint density at radius 3 is 2.00 bits per heavy atom. The first-order chi connectivity index (χ1) is 11.7. The molecular formula is C18H13F3O4. The largest absolute Gasteiger partial charge is 0.478 e. The van der Waals surface area contributed by atoms with Gasteiger partial charge in [0.15, 0.2) is 0 Å². The van der Waals surface area contributed by atoms with E-state index >= 15 is 0 Å². The average molecular weight is 350 g/mol. The molecule has 0 aromatic heterocycles. The lowest BCUT2D eigenvalue weighted by atomic mass is 10.0. The number of benzene rings is 2. The predicted octanol–water partition coefficient (Wildman–Crippen LogP) is 4.26. The van der Waals surface area contributed by atoms with Crippen LogP contribution in [0.3, 0.4) is 0 Å². The van der Waals surface area contributed by atoms with E-state index < -0.39 is 23.7 Å². The van der Waals surface area contributed by atoms with Crippen LogP contribution in [0.1, 0.15) is 23.6 Å². The summed E-state index contributed by atoms with van der Waals surface area (Å²) in [4.78, 5) is 22.3. The standard InChI is InChI=1S/C18H13F3O4/c1-11(22)25-15-8-2-12(3-9-15)10-16(17(23)24)13-4-6-14(7-5-13)18(19,20)21/h2-10H,1H3,(H,23,24)/b16-10+. The van der Waals surface area contributed by atoms with E-state index in [9.17, 15) is 27.9 Å². The maximum absolute atomic E-state index is 12.6. The zero-order valence-corrected chi connectivity index (χ0v) is 13.0. The van der Waals surface area contributed by atoms with Crippen molar-refractivity contribution in [2.24, 2.45) is 0 Å². The van der Waals surface area contributed by atoms with Crippen LogP contribution in [0.5, 0.6) is 5.75 Å². The van der Waals surface area contributed by atoms with Gasteiger partial charge in [-0.25, -0.2) is 4.79 Å². The lowest BCUT2D eigenvalue weighted by Crippen LogP contribution is -2.05. The van der Waals surface area contributed by atoms with Gasteiger partial charge in [0.05, 0.1) is 11.1 Å². The number of carbonyl (C=O) groups is 2. The number of carbonyl (C=O) groups excluding carboxylic acids is 1. The summed E-state index contributed by atoms with van der Waals surface area (Å²) in [6.07, 6.45) is -3.17. The van der Waals surface area contributed by atoms with Gasteiger partial charge in [-0.15, -0.1) is 0 Å². The second-order valence-electron chi connectivity index (χ2n) is 5.10. The van der Waals surface area contributed by atoms with Gasteiger partial charge >= 0.3 is 18.1 Å². The van der Waals surface area contributed by atoms with Crippen LogP contribution in [0, 0.1) is 0 Å². The molecule has 0 aliphatic heterocycles. The Kier molecular flexibility index (Phi) is 5.26. The Balaban J connectivity index is 2.33. The Bertz CT molecular complexity index is 804. The molecule has 0 heterocycles. The molecule has 0 aliphatic carbocycles. The summed E-state index contributed by atoms with van der Waals surface area (Å²) in [5.41, 5.74) is -0.376. The van der Waals surface area contributed by atoms with Gasteiger partial charge in [-0.2, -0.15) is 13.2 Å². The first-order valence-electron chi connectivity index (χ1n) is 7.08. The summed E-state index contributed by atoms with van der Waals surface area (Å²) in [6, 6.07) is 9.91. The van der Waals surface area contributed by atoms with E-state index in [0.717, 1.165) is 24.3 Å². The van der Waals surface area contributed by atoms with E-state index in [1.54, 1.807) is 0 Å². The lowest BCUT2D eigenvalue weighted by Gasteiger charge is -2.08. The topological polar surface area (TPSA) is 63.6 Å². The van der Waals surface area contributed by atoms with E-state index in [2.05, 4.69) is 0 Å². The Morgan fingerprint density at radius 2 is 1.56 bits per heavy atom. The molecule has 0 saturated carbocycles. The minimum absolute atomic E-state index is 0.143. The van der Waals surface area contributed by atoms with Gasteiger partial charge in [0.25, 0.3) is 0 Å². The maximum Gasteiger partial charge on any atom is 0.416 e. The summed E-state index contributed by atoms with van der Waals surface area (Å²) in [6.45, 7) is 1.25. The molecule has 0 amide bonds. The third-order valence-corrected chi connectivity index (χ3v) is 3.21. The number of rotatable bonds is 4. The van der Waals surface area contributed by atoms with Gasteiger partial charge in [-0.1, -0.05) is 24.3 Å². The van der Waals surface area contributed by atoms with Crippen LogP contribution >= 0.6 is 0 Å². The number of hydrogen-bond acceptors (Lipinski definition) is 3. The number of esters is 1. The van der Waals surface area contributed by atoms with Crippen molar-refractivity contribution in [3.8, 4) is 5.75 Å². The van der Waals surface area contributed by atoms with Gasteiger partial charge in [-0.3, -0.25) is 4.79 Å². The second-order valence-corrected chi connectivity index (χ2v) is 5.10. The van der Waals surface area contributed by atoms with Gasteiger partial charge in [0.1, 0.15) is 5.75 Å². The third kappa shape index (κ3) is 4.94. The van der Waals surface area contributed by atoms with Gasteiger partial charge < -0.3 is 9.84 Å². The number of aliphatic carboxylic acids is 1. The Labute approximate surface area is 141 Å². The van der Waals surface area contributed by atoms with E-state index in [-0.39, 0.29) is 11.1 Å². The van der Waals surface area contributed by atoms with Crippen LogP contribution in [0.25, 0.3) is 11.6 Å². The van der Waals surface area contributed by atoms with E-state index in [1.165, 1.54) is 37.3 Å². The van der Waals surface area contributed by atoms with Crippen molar-refractivity contribution in [2.75, 3.05) is 0 Å². The molecule has 25 heavy (non-hydrogen) atoms. The molecule has 2 rings (SSSR count). The fraction of sp³-hybridized carbons (Fsp3) is 0.111. The van der Waals surface area contributed by atoms with Crippen molar-refractivity contribution in [1.29, 1.82) is 0 Å². The van der Waals surface area contributed by atoms with Crippen LogP contribution in [0.15, 0.2) is 48.5 Å². The smallest absolute Gasteiger partial charge is 0.416 e. The molecule has 0 aliphatic rings. The molecule has 0 spiro atoms. The monoisotopic (exact) mass is 350 g/mol. The van der Waals surface area contributed by atoms with Gasteiger partial charge in [0.2, 0.25) is 0 Å². The van der Waals surface area contributed by atoms with E-state index in [0.29, 0.717) is 11.3 Å². The summed E-state index contributed by atoms with van der Waals surface area (Å²) in [5, 5.41) is 9.33. The van der Waals surface area contributed by atoms with Crippen molar-refractivity contribution in [1.82, 2.24) is 0 Å². The van der Waals surface area contributed by atoms with Crippen molar-refractivity contribution < 1.29 is 32.6 Å². The fourth-order valence-electron chi connectivity index (χ4n) is 2.07. The molecule has 0 saturated heterocycles. The molecule has 0 unspecified atom stereocenters. The molecule has 0 fully saturated rings. The van der Waals surface area contributed by atoms with Crippen molar-refractivity contribution in [3.05, 3.63) is 65.2 Å². The molecule has 1 N–H and O–H groups in total. The summed E-state index contributed by atoms with van der Waals surface area (Å²) >= 11 is 0. The second kappa shape index (κ2) is 7.21. The molecule has 2 aromatic carbocycles. The number of ether oxygens (including phenoxy) is 1. The Hall–Kier alpha value is -3.09. The summed E-state index contributed by atoms with van der Waals surface area (Å²) < 4.78 is 42.6. The number of hydrogen-bond donors (Lipinski definition) is 1. The van der Waals surface area contributed by atoms with Gasteiger partial charge in [-0.05, 0) is 41.5 Å². The van der Waals surface area contributed by atoms with Crippen LogP contribution in [0.4, 0.5) is 13.2 Å². The van der Waals surface area contributed by atoms with Crippen molar-refractivity contribution in [3.63, 3.8) is 0 Å².